The van der Waals surface area contributed by atoms with Crippen LogP contribution in [0, 0.1) is 0 Å². The normalized spacial score (nSPS) is 17.3. The van der Waals surface area contributed by atoms with E-state index in [1.54, 1.807) is 10.7 Å². The highest BCUT2D eigenvalue weighted by molar-refractivity contribution is 9.10. The molecule has 3 aromatic rings. The summed E-state index contributed by atoms with van der Waals surface area (Å²) in [6.45, 7) is 0.802. The van der Waals surface area contributed by atoms with E-state index < -0.39 is 9.84 Å². The topological polar surface area (TPSA) is 98.5 Å². The summed E-state index contributed by atoms with van der Waals surface area (Å²) in [5, 5.41) is 4.35. The fraction of sp³-hybridized carbons (Fsp3) is 0.333. The maximum Gasteiger partial charge on any atom is 0.167 e. The molecule has 1 aliphatic heterocycles. The summed E-state index contributed by atoms with van der Waals surface area (Å²) in [4.78, 5) is 6.70. The molecule has 0 bridgehead atoms. The van der Waals surface area contributed by atoms with E-state index in [0.29, 0.717) is 34.8 Å². The zero-order valence-electron chi connectivity index (χ0n) is 13.6. The van der Waals surface area contributed by atoms with Crippen molar-refractivity contribution < 1.29 is 8.42 Å². The van der Waals surface area contributed by atoms with E-state index in [1.807, 2.05) is 35.0 Å². The molecule has 132 valence electrons. The molecule has 0 atom stereocenters. The van der Waals surface area contributed by atoms with Crippen LogP contribution in [0.1, 0.15) is 0 Å². The van der Waals surface area contributed by atoms with Gasteiger partial charge in [0.25, 0.3) is 0 Å². The van der Waals surface area contributed by atoms with Gasteiger partial charge >= 0.3 is 0 Å². The predicted octanol–water partition coefficient (Wildman–Crippen LogP) is 1.31. The molecule has 0 aromatic carbocycles. The van der Waals surface area contributed by atoms with Crippen LogP contribution < -0.4 is 10.6 Å². The van der Waals surface area contributed by atoms with Crippen molar-refractivity contribution in [2.75, 3.05) is 35.2 Å². The first-order valence-corrected chi connectivity index (χ1v) is 10.4. The molecule has 25 heavy (non-hydrogen) atoms. The Labute approximate surface area is 153 Å². The fourth-order valence-electron chi connectivity index (χ4n) is 2.98. The fourth-order valence-corrected chi connectivity index (χ4v) is 4.69. The number of nitrogens with two attached hydrogens (primary N) is 1. The van der Waals surface area contributed by atoms with Crippen molar-refractivity contribution in [2.24, 2.45) is 7.05 Å². The summed E-state index contributed by atoms with van der Waals surface area (Å²) in [6.07, 6.45) is 5.69. The standard InChI is InChI=1S/C15H17BrN6O2S/c1-20-3-2-10(9-20)11-8-18-22-13(17)12(16)15(19-14(11)22)21-4-6-25(23,24)7-5-21/h2-3,8-9H,4-7,17H2,1H3. The van der Waals surface area contributed by atoms with Crippen molar-refractivity contribution in [3.05, 3.63) is 29.1 Å². The maximum absolute atomic E-state index is 11.7. The Morgan fingerprint density at radius 1 is 1.28 bits per heavy atom. The van der Waals surface area contributed by atoms with E-state index in [1.165, 1.54) is 0 Å². The van der Waals surface area contributed by atoms with Crippen LogP contribution in [0.25, 0.3) is 16.8 Å². The Kier molecular flexibility index (Phi) is 3.76. The molecule has 0 spiro atoms. The average Bonchev–Trinajstić information content (AvgIpc) is 3.17. The molecule has 0 aliphatic carbocycles. The van der Waals surface area contributed by atoms with E-state index in [9.17, 15) is 8.42 Å². The van der Waals surface area contributed by atoms with Crippen LogP contribution in [-0.4, -0.2) is 52.2 Å². The van der Waals surface area contributed by atoms with Gasteiger partial charge in [-0.15, -0.1) is 0 Å². The Bertz CT molecular complexity index is 1060. The number of rotatable bonds is 2. The minimum absolute atomic E-state index is 0.122. The lowest BCUT2D eigenvalue weighted by Crippen LogP contribution is -2.41. The molecule has 0 amide bonds. The van der Waals surface area contributed by atoms with Crippen molar-refractivity contribution in [3.8, 4) is 11.1 Å². The lowest BCUT2D eigenvalue weighted by molar-refractivity contribution is 0.586. The van der Waals surface area contributed by atoms with Gasteiger partial charge < -0.3 is 15.2 Å². The summed E-state index contributed by atoms with van der Waals surface area (Å²) >= 11 is 3.49. The lowest BCUT2D eigenvalue weighted by atomic mass is 10.2. The molecule has 10 heteroatoms. The number of nitrogens with zero attached hydrogens (tertiary/aromatic N) is 5. The highest BCUT2D eigenvalue weighted by Gasteiger charge is 2.26. The van der Waals surface area contributed by atoms with Gasteiger partial charge in [0.05, 0.1) is 17.7 Å². The molecule has 0 unspecified atom stereocenters. The Morgan fingerprint density at radius 3 is 2.64 bits per heavy atom. The number of nitrogen functional groups attached to an aromatic ring is 1. The smallest absolute Gasteiger partial charge is 0.167 e. The number of hydrogen-bond donors (Lipinski definition) is 1. The van der Waals surface area contributed by atoms with Crippen LogP contribution in [0.5, 0.6) is 0 Å². The van der Waals surface area contributed by atoms with Crippen molar-refractivity contribution in [2.45, 2.75) is 0 Å². The first-order valence-electron chi connectivity index (χ1n) is 7.76. The first-order chi connectivity index (χ1) is 11.9. The molecule has 0 radical (unpaired) electrons. The number of fused-ring (bicyclic) bond motifs is 1. The Hall–Kier alpha value is -2.07. The number of sulfone groups is 1. The van der Waals surface area contributed by atoms with Crippen LogP contribution in [0.4, 0.5) is 11.6 Å². The number of aryl methyl sites for hydroxylation is 1. The minimum Gasteiger partial charge on any atom is -0.383 e. The third kappa shape index (κ3) is 2.78. The first kappa shape index (κ1) is 16.4. The van der Waals surface area contributed by atoms with Gasteiger partial charge in [0.1, 0.15) is 16.1 Å². The van der Waals surface area contributed by atoms with Gasteiger partial charge in [0.2, 0.25) is 0 Å². The van der Waals surface area contributed by atoms with Gasteiger partial charge in [0.15, 0.2) is 15.5 Å². The molecule has 4 heterocycles. The van der Waals surface area contributed by atoms with Gasteiger partial charge in [0, 0.05) is 43.7 Å². The van der Waals surface area contributed by atoms with E-state index in [2.05, 4.69) is 21.0 Å². The molecule has 1 fully saturated rings. The van der Waals surface area contributed by atoms with Gasteiger partial charge in [-0.1, -0.05) is 0 Å². The molecular formula is C15H17BrN6O2S. The van der Waals surface area contributed by atoms with Gasteiger partial charge in [-0.05, 0) is 22.0 Å². The summed E-state index contributed by atoms with van der Waals surface area (Å²) in [6, 6.07) is 1.99. The molecule has 4 rings (SSSR count). The lowest BCUT2D eigenvalue weighted by Gasteiger charge is -2.28. The van der Waals surface area contributed by atoms with Crippen molar-refractivity contribution in [1.29, 1.82) is 0 Å². The maximum atomic E-state index is 11.7. The molecule has 8 nitrogen and oxygen atoms in total. The monoisotopic (exact) mass is 424 g/mol. The molecule has 2 N–H and O–H groups in total. The zero-order chi connectivity index (χ0) is 17.8. The van der Waals surface area contributed by atoms with Crippen molar-refractivity contribution in [1.82, 2.24) is 19.2 Å². The van der Waals surface area contributed by atoms with E-state index in [4.69, 9.17) is 10.7 Å². The second kappa shape index (κ2) is 5.73. The SMILES string of the molecule is Cn1ccc(-c2cnn3c(N)c(Br)c(N4CCS(=O)(=O)CC4)nc23)c1. The largest absolute Gasteiger partial charge is 0.383 e. The molecule has 3 aromatic heterocycles. The molecular weight excluding hydrogens is 408 g/mol. The molecule has 0 saturated carbocycles. The zero-order valence-corrected chi connectivity index (χ0v) is 16.0. The molecule has 1 saturated heterocycles. The number of anilines is 2. The average molecular weight is 425 g/mol. The quantitative estimate of drug-likeness (QED) is 0.665. The van der Waals surface area contributed by atoms with E-state index in [-0.39, 0.29) is 11.5 Å². The summed E-state index contributed by atoms with van der Waals surface area (Å²) in [5.41, 5.74) is 8.77. The predicted molar refractivity (Wildman–Crippen MR) is 100 cm³/mol. The van der Waals surface area contributed by atoms with Crippen LogP contribution >= 0.6 is 15.9 Å². The second-order valence-corrected chi connectivity index (χ2v) is 9.23. The summed E-state index contributed by atoms with van der Waals surface area (Å²) in [5.74, 6) is 1.33. The number of hydrogen-bond acceptors (Lipinski definition) is 6. The van der Waals surface area contributed by atoms with Gasteiger partial charge in [-0.2, -0.15) is 9.61 Å². The van der Waals surface area contributed by atoms with Crippen molar-refractivity contribution >= 4 is 43.1 Å². The van der Waals surface area contributed by atoms with Crippen molar-refractivity contribution in [3.63, 3.8) is 0 Å². The number of halogens is 1. The van der Waals surface area contributed by atoms with E-state index >= 15 is 0 Å². The van der Waals surface area contributed by atoms with Crippen LogP contribution in [-0.2, 0) is 16.9 Å². The Morgan fingerprint density at radius 2 is 2.00 bits per heavy atom. The summed E-state index contributed by atoms with van der Waals surface area (Å²) < 4.78 is 27.6. The van der Waals surface area contributed by atoms with Crippen LogP contribution in [0.2, 0.25) is 0 Å². The van der Waals surface area contributed by atoms with E-state index in [0.717, 1.165) is 11.1 Å². The third-order valence-electron chi connectivity index (χ3n) is 4.39. The minimum atomic E-state index is -2.96. The van der Waals surface area contributed by atoms with Gasteiger partial charge in [-0.25, -0.2) is 13.4 Å². The third-order valence-corrected chi connectivity index (χ3v) is 6.76. The van der Waals surface area contributed by atoms with Gasteiger partial charge in [-0.3, -0.25) is 0 Å². The highest BCUT2D eigenvalue weighted by atomic mass is 79.9. The summed E-state index contributed by atoms with van der Waals surface area (Å²) in [7, 11) is -1.01. The van der Waals surface area contributed by atoms with Crippen LogP contribution in [0.15, 0.2) is 29.1 Å². The highest BCUT2D eigenvalue weighted by Crippen LogP contribution is 2.34. The number of aromatic nitrogens is 4. The second-order valence-electron chi connectivity index (χ2n) is 6.13. The molecule has 1 aliphatic rings. The van der Waals surface area contributed by atoms with Crippen LogP contribution in [0.3, 0.4) is 0 Å². The Balaban J connectivity index is 1.84.